The highest BCUT2D eigenvalue weighted by Crippen LogP contribution is 2.21. The molecule has 1 aromatic heterocycles. The molecule has 0 aliphatic carbocycles. The zero-order chi connectivity index (χ0) is 14.1. The molecular weight excluding hydrogens is 248 g/mol. The minimum atomic E-state index is -1.44. The first kappa shape index (κ1) is 14.1. The molecular formula is C16H24N2Si. The lowest BCUT2D eigenvalue weighted by Gasteiger charge is -2.25. The summed E-state index contributed by atoms with van der Waals surface area (Å²) in [5.41, 5.74) is 1.64. The van der Waals surface area contributed by atoms with E-state index in [1.54, 1.807) is 0 Å². The van der Waals surface area contributed by atoms with E-state index in [0.29, 0.717) is 0 Å². The Morgan fingerprint density at radius 1 is 1.11 bits per heavy atom. The average Bonchev–Trinajstić information content (AvgIpc) is 2.80. The lowest BCUT2D eigenvalue weighted by atomic mass is 9.87. The molecule has 0 aliphatic heterocycles. The van der Waals surface area contributed by atoms with Gasteiger partial charge in [-0.3, -0.25) is 0 Å². The smallest absolute Gasteiger partial charge is 0.102 e. The van der Waals surface area contributed by atoms with Crippen molar-refractivity contribution in [3.8, 4) is 0 Å². The van der Waals surface area contributed by atoms with Crippen LogP contribution in [0.2, 0.25) is 13.1 Å². The maximum absolute atomic E-state index is 4.13. The van der Waals surface area contributed by atoms with Crippen LogP contribution in [0.1, 0.15) is 26.3 Å². The standard InChI is InChI=1S/C16H24N2Si/c1-16(2,3)14-6-8-15(9-7-14)19(4,5)13-18-11-10-17-12-18/h6-12H,13H2,1-5H3. The highest BCUT2D eigenvalue weighted by Gasteiger charge is 2.24. The minimum Gasteiger partial charge on any atom is -0.340 e. The Bertz CT molecular complexity index is 519. The molecule has 2 aromatic rings. The van der Waals surface area contributed by atoms with Crippen molar-refractivity contribution in [3.05, 3.63) is 48.5 Å². The highest BCUT2D eigenvalue weighted by molar-refractivity contribution is 6.88. The molecule has 3 heteroatoms. The molecule has 0 saturated heterocycles. The largest absolute Gasteiger partial charge is 0.340 e. The zero-order valence-electron chi connectivity index (χ0n) is 12.6. The molecule has 0 unspecified atom stereocenters. The number of benzene rings is 1. The molecule has 0 saturated carbocycles. The Morgan fingerprint density at radius 2 is 1.74 bits per heavy atom. The van der Waals surface area contributed by atoms with Crippen LogP contribution in [0.25, 0.3) is 0 Å². The van der Waals surface area contributed by atoms with Crippen molar-refractivity contribution in [2.75, 3.05) is 0 Å². The lowest BCUT2D eigenvalue weighted by Crippen LogP contribution is -2.45. The molecule has 0 radical (unpaired) electrons. The van der Waals surface area contributed by atoms with Crippen LogP contribution >= 0.6 is 0 Å². The summed E-state index contributed by atoms with van der Waals surface area (Å²) in [6.07, 6.45) is 6.91. The van der Waals surface area contributed by atoms with E-state index in [4.69, 9.17) is 0 Å². The number of nitrogens with zero attached hydrogens (tertiary/aromatic N) is 2. The van der Waals surface area contributed by atoms with Crippen molar-refractivity contribution in [2.24, 2.45) is 0 Å². The number of hydrogen-bond donors (Lipinski definition) is 0. The maximum atomic E-state index is 4.13. The second-order valence-electron chi connectivity index (χ2n) is 6.95. The SMILES string of the molecule is CC(C)(C)c1ccc([Si](C)(C)Cn2ccnc2)cc1. The van der Waals surface area contributed by atoms with E-state index in [2.05, 4.69) is 73.9 Å². The Morgan fingerprint density at radius 3 is 2.21 bits per heavy atom. The van der Waals surface area contributed by atoms with Gasteiger partial charge in [-0.1, -0.05) is 63.3 Å². The molecule has 0 aliphatic rings. The molecule has 0 bridgehead atoms. The van der Waals surface area contributed by atoms with E-state index < -0.39 is 8.07 Å². The Hall–Kier alpha value is -1.35. The fourth-order valence-corrected chi connectivity index (χ4v) is 4.70. The van der Waals surface area contributed by atoms with E-state index in [1.165, 1.54) is 10.8 Å². The van der Waals surface area contributed by atoms with Crippen molar-refractivity contribution in [1.29, 1.82) is 0 Å². The van der Waals surface area contributed by atoms with Gasteiger partial charge in [-0.05, 0) is 11.0 Å². The summed E-state index contributed by atoms with van der Waals surface area (Å²) in [5, 5.41) is 1.51. The van der Waals surface area contributed by atoms with Crippen LogP contribution in [0, 0.1) is 0 Å². The first-order valence-corrected chi connectivity index (χ1v) is 10.1. The van der Waals surface area contributed by atoms with E-state index in [9.17, 15) is 0 Å². The van der Waals surface area contributed by atoms with Gasteiger partial charge in [-0.2, -0.15) is 0 Å². The van der Waals surface area contributed by atoms with Crippen LogP contribution < -0.4 is 5.19 Å². The topological polar surface area (TPSA) is 17.8 Å². The van der Waals surface area contributed by atoms with E-state index >= 15 is 0 Å². The van der Waals surface area contributed by atoms with Crippen molar-refractivity contribution >= 4 is 13.3 Å². The molecule has 1 aromatic carbocycles. The van der Waals surface area contributed by atoms with Crippen molar-refractivity contribution in [2.45, 2.75) is 45.4 Å². The summed E-state index contributed by atoms with van der Waals surface area (Å²) in [6, 6.07) is 9.23. The summed E-state index contributed by atoms with van der Waals surface area (Å²) in [6.45, 7) is 11.6. The number of rotatable bonds is 3. The van der Waals surface area contributed by atoms with Gasteiger partial charge in [-0.15, -0.1) is 0 Å². The molecule has 19 heavy (non-hydrogen) atoms. The summed E-state index contributed by atoms with van der Waals surface area (Å²) >= 11 is 0. The van der Waals surface area contributed by atoms with Gasteiger partial charge in [0, 0.05) is 18.6 Å². The molecule has 0 fully saturated rings. The molecule has 2 rings (SSSR count). The molecule has 1 heterocycles. The summed E-state index contributed by atoms with van der Waals surface area (Å²) in [5.74, 6) is 0. The first-order valence-electron chi connectivity index (χ1n) is 6.86. The van der Waals surface area contributed by atoms with Crippen LogP contribution in [-0.2, 0) is 11.6 Å². The predicted octanol–water partition coefficient (Wildman–Crippen LogP) is 3.34. The van der Waals surface area contributed by atoms with Crippen molar-refractivity contribution in [1.82, 2.24) is 9.55 Å². The molecule has 0 amide bonds. The van der Waals surface area contributed by atoms with Crippen LogP contribution in [0.5, 0.6) is 0 Å². The second kappa shape index (κ2) is 4.97. The average molecular weight is 272 g/mol. The first-order chi connectivity index (χ1) is 8.79. The summed E-state index contributed by atoms with van der Waals surface area (Å²) < 4.78 is 2.20. The normalized spacial score (nSPS) is 12.7. The van der Waals surface area contributed by atoms with Gasteiger partial charge in [0.25, 0.3) is 0 Å². The monoisotopic (exact) mass is 272 g/mol. The Balaban J connectivity index is 2.21. The molecule has 102 valence electrons. The van der Waals surface area contributed by atoms with Crippen LogP contribution in [-0.4, -0.2) is 17.6 Å². The second-order valence-corrected chi connectivity index (χ2v) is 11.6. The van der Waals surface area contributed by atoms with Gasteiger partial charge in [-0.25, -0.2) is 4.98 Å². The lowest BCUT2D eigenvalue weighted by molar-refractivity contribution is 0.590. The van der Waals surface area contributed by atoms with Crippen LogP contribution in [0.4, 0.5) is 0 Å². The maximum Gasteiger partial charge on any atom is 0.102 e. The molecule has 2 nitrogen and oxygen atoms in total. The van der Waals surface area contributed by atoms with Gasteiger partial charge < -0.3 is 4.57 Å². The fourth-order valence-electron chi connectivity index (χ4n) is 2.35. The molecule has 0 N–H and O–H groups in total. The summed E-state index contributed by atoms with van der Waals surface area (Å²) in [4.78, 5) is 4.13. The van der Waals surface area contributed by atoms with E-state index in [-0.39, 0.29) is 5.41 Å². The number of aromatic nitrogens is 2. The highest BCUT2D eigenvalue weighted by atomic mass is 28.3. The zero-order valence-corrected chi connectivity index (χ0v) is 13.6. The van der Waals surface area contributed by atoms with Gasteiger partial charge in [0.2, 0.25) is 0 Å². The summed E-state index contributed by atoms with van der Waals surface area (Å²) in [7, 11) is -1.44. The van der Waals surface area contributed by atoms with Crippen LogP contribution in [0.3, 0.4) is 0 Å². The van der Waals surface area contributed by atoms with Crippen molar-refractivity contribution < 1.29 is 0 Å². The van der Waals surface area contributed by atoms with E-state index in [0.717, 1.165) is 6.17 Å². The van der Waals surface area contributed by atoms with Crippen molar-refractivity contribution in [3.63, 3.8) is 0 Å². The fraction of sp³-hybridized carbons (Fsp3) is 0.438. The third kappa shape index (κ3) is 3.35. The van der Waals surface area contributed by atoms with Crippen LogP contribution in [0.15, 0.2) is 43.0 Å². The van der Waals surface area contributed by atoms with Gasteiger partial charge in [0.1, 0.15) is 8.07 Å². The molecule has 0 atom stereocenters. The van der Waals surface area contributed by atoms with Gasteiger partial charge in [0.05, 0.1) is 6.33 Å². The Kier molecular flexibility index (Phi) is 3.68. The quantitative estimate of drug-likeness (QED) is 0.784. The van der Waals surface area contributed by atoms with Gasteiger partial charge >= 0.3 is 0 Å². The molecule has 0 spiro atoms. The van der Waals surface area contributed by atoms with E-state index in [1.807, 2.05) is 12.5 Å². The Labute approximate surface area is 117 Å². The minimum absolute atomic E-state index is 0.231. The third-order valence-electron chi connectivity index (χ3n) is 3.67. The predicted molar refractivity (Wildman–Crippen MR) is 84.5 cm³/mol. The third-order valence-corrected chi connectivity index (χ3v) is 6.72. The van der Waals surface area contributed by atoms with Gasteiger partial charge in [0.15, 0.2) is 0 Å². The number of hydrogen-bond acceptors (Lipinski definition) is 1. The number of imidazole rings is 1.